The summed E-state index contributed by atoms with van der Waals surface area (Å²) in [5.74, 6) is 0. The molecule has 1 heteroatoms. The molecule has 0 saturated heterocycles. The Morgan fingerprint density at radius 3 is 2.00 bits per heavy atom. The van der Waals surface area contributed by atoms with Crippen molar-refractivity contribution in [3.05, 3.63) is 34.9 Å². The molecule has 0 fully saturated rings. The molecular formula is C13H22O. The fraction of sp³-hybridized carbons (Fsp3) is 0.538. The molecule has 1 aromatic carbocycles. The first-order valence-electron chi connectivity index (χ1n) is 5.29. The van der Waals surface area contributed by atoms with Crippen LogP contribution in [0.5, 0.6) is 0 Å². The number of ether oxygens (including phenoxy) is 1. The zero-order chi connectivity index (χ0) is 11.0. The Kier molecular flexibility index (Phi) is 7.13. The van der Waals surface area contributed by atoms with E-state index in [1.54, 1.807) is 7.11 Å². The molecule has 0 heterocycles. The van der Waals surface area contributed by atoms with Crippen LogP contribution in [0.15, 0.2) is 18.2 Å². The van der Waals surface area contributed by atoms with Gasteiger partial charge in [0.25, 0.3) is 0 Å². The lowest BCUT2D eigenvalue weighted by Crippen LogP contribution is -1.99. The minimum atomic E-state index is 0.811. The van der Waals surface area contributed by atoms with Gasteiger partial charge in [-0.25, -0.2) is 0 Å². The van der Waals surface area contributed by atoms with Crippen molar-refractivity contribution in [2.45, 2.75) is 34.1 Å². The lowest BCUT2D eigenvalue weighted by molar-refractivity contribution is 0.202. The van der Waals surface area contributed by atoms with Gasteiger partial charge in [0.2, 0.25) is 0 Å². The first-order chi connectivity index (χ1) is 6.75. The van der Waals surface area contributed by atoms with Crippen LogP contribution in [0.25, 0.3) is 0 Å². The van der Waals surface area contributed by atoms with Crippen molar-refractivity contribution in [1.82, 2.24) is 0 Å². The summed E-state index contributed by atoms with van der Waals surface area (Å²) in [6, 6.07) is 6.40. The Hall–Kier alpha value is -0.820. The summed E-state index contributed by atoms with van der Waals surface area (Å²) in [7, 11) is 1.74. The molecule has 0 N–H and O–H groups in total. The molecule has 0 unspecified atom stereocenters. The number of hydrogen-bond acceptors (Lipinski definition) is 1. The molecule has 0 saturated carbocycles. The summed E-state index contributed by atoms with van der Waals surface area (Å²) >= 11 is 0. The van der Waals surface area contributed by atoms with Gasteiger partial charge in [-0.15, -0.1) is 0 Å². The average molecular weight is 194 g/mol. The van der Waals surface area contributed by atoms with Crippen molar-refractivity contribution >= 4 is 0 Å². The molecule has 0 amide bonds. The smallest absolute Gasteiger partial charge is 0.0502 e. The molecular weight excluding hydrogens is 172 g/mol. The molecule has 0 aromatic heterocycles. The third-order valence-corrected chi connectivity index (χ3v) is 2.20. The number of hydrogen-bond donors (Lipinski definition) is 0. The third kappa shape index (κ3) is 3.93. The fourth-order valence-electron chi connectivity index (χ4n) is 1.45. The van der Waals surface area contributed by atoms with Crippen molar-refractivity contribution in [3.63, 3.8) is 0 Å². The van der Waals surface area contributed by atoms with E-state index in [0.29, 0.717) is 0 Å². The van der Waals surface area contributed by atoms with E-state index >= 15 is 0 Å². The van der Waals surface area contributed by atoms with Crippen molar-refractivity contribution in [3.8, 4) is 0 Å². The largest absolute Gasteiger partial charge is 0.384 e. The van der Waals surface area contributed by atoms with E-state index in [0.717, 1.165) is 13.0 Å². The van der Waals surface area contributed by atoms with E-state index in [9.17, 15) is 0 Å². The van der Waals surface area contributed by atoms with Crippen molar-refractivity contribution in [1.29, 1.82) is 0 Å². The maximum Gasteiger partial charge on any atom is 0.0502 e. The van der Waals surface area contributed by atoms with Crippen LogP contribution >= 0.6 is 0 Å². The van der Waals surface area contributed by atoms with Crippen LogP contribution in [0.2, 0.25) is 0 Å². The first-order valence-corrected chi connectivity index (χ1v) is 5.29. The molecule has 1 nitrogen and oxygen atoms in total. The van der Waals surface area contributed by atoms with Gasteiger partial charge in [0.05, 0.1) is 6.61 Å². The summed E-state index contributed by atoms with van der Waals surface area (Å²) in [4.78, 5) is 0. The predicted octanol–water partition coefficient (Wildman–Crippen LogP) is 3.52. The quantitative estimate of drug-likeness (QED) is 0.715. The van der Waals surface area contributed by atoms with Gasteiger partial charge in [-0.05, 0) is 37.0 Å². The molecule has 0 bridgehead atoms. The highest BCUT2D eigenvalue weighted by molar-refractivity contribution is 5.33. The lowest BCUT2D eigenvalue weighted by atomic mass is 10.0. The van der Waals surface area contributed by atoms with E-state index in [1.165, 1.54) is 16.7 Å². The standard InChI is InChI=1S/C11H16O.C2H6/c1-9-5-4-6-10(2)11(9)7-8-12-3;1-2/h4-6H,7-8H2,1-3H3;1-2H3. The molecule has 1 aromatic rings. The van der Waals surface area contributed by atoms with Gasteiger partial charge in [-0.1, -0.05) is 32.0 Å². The molecule has 0 aliphatic heterocycles. The second kappa shape index (κ2) is 7.57. The Balaban J connectivity index is 0.000000791. The molecule has 0 aliphatic carbocycles. The van der Waals surface area contributed by atoms with Gasteiger partial charge in [0, 0.05) is 7.11 Å². The Labute approximate surface area is 88.1 Å². The van der Waals surface area contributed by atoms with Gasteiger partial charge in [-0.2, -0.15) is 0 Å². The average Bonchev–Trinajstić information content (AvgIpc) is 2.20. The minimum Gasteiger partial charge on any atom is -0.384 e. The fourth-order valence-corrected chi connectivity index (χ4v) is 1.45. The predicted molar refractivity (Wildman–Crippen MR) is 62.8 cm³/mol. The highest BCUT2D eigenvalue weighted by Crippen LogP contribution is 2.13. The van der Waals surface area contributed by atoms with Crippen LogP contribution in [-0.2, 0) is 11.2 Å². The second-order valence-electron chi connectivity index (χ2n) is 3.11. The van der Waals surface area contributed by atoms with Crippen molar-refractivity contribution in [2.75, 3.05) is 13.7 Å². The molecule has 1 rings (SSSR count). The minimum absolute atomic E-state index is 0.811. The Morgan fingerprint density at radius 1 is 1.07 bits per heavy atom. The van der Waals surface area contributed by atoms with Gasteiger partial charge in [-0.3, -0.25) is 0 Å². The molecule has 80 valence electrons. The van der Waals surface area contributed by atoms with Crippen LogP contribution in [0, 0.1) is 13.8 Å². The number of aryl methyl sites for hydroxylation is 2. The summed E-state index contributed by atoms with van der Waals surface area (Å²) in [6.07, 6.45) is 1.02. The SMILES string of the molecule is CC.COCCc1c(C)cccc1C. The third-order valence-electron chi connectivity index (χ3n) is 2.20. The van der Waals surface area contributed by atoms with E-state index < -0.39 is 0 Å². The summed E-state index contributed by atoms with van der Waals surface area (Å²) < 4.78 is 5.06. The maximum atomic E-state index is 5.06. The van der Waals surface area contributed by atoms with Crippen LogP contribution < -0.4 is 0 Å². The lowest BCUT2D eigenvalue weighted by Gasteiger charge is -2.08. The maximum absolute atomic E-state index is 5.06. The van der Waals surface area contributed by atoms with Crippen molar-refractivity contribution in [2.24, 2.45) is 0 Å². The number of rotatable bonds is 3. The van der Waals surface area contributed by atoms with Crippen LogP contribution in [0.3, 0.4) is 0 Å². The van der Waals surface area contributed by atoms with E-state index in [4.69, 9.17) is 4.74 Å². The molecule has 0 aliphatic rings. The zero-order valence-corrected chi connectivity index (χ0v) is 10.1. The normalized spacial score (nSPS) is 9.21. The van der Waals surface area contributed by atoms with Crippen LogP contribution in [-0.4, -0.2) is 13.7 Å². The summed E-state index contributed by atoms with van der Waals surface area (Å²) in [5, 5.41) is 0. The van der Waals surface area contributed by atoms with Crippen LogP contribution in [0.4, 0.5) is 0 Å². The van der Waals surface area contributed by atoms with Gasteiger partial charge < -0.3 is 4.74 Å². The summed E-state index contributed by atoms with van der Waals surface area (Å²) in [5.41, 5.74) is 4.17. The Bertz CT molecular complexity index is 233. The van der Waals surface area contributed by atoms with E-state index in [1.807, 2.05) is 13.8 Å². The molecule has 0 spiro atoms. The molecule has 0 atom stereocenters. The number of benzene rings is 1. The van der Waals surface area contributed by atoms with Gasteiger partial charge in [0.15, 0.2) is 0 Å². The highest BCUT2D eigenvalue weighted by Gasteiger charge is 2.00. The highest BCUT2D eigenvalue weighted by atomic mass is 16.5. The topological polar surface area (TPSA) is 9.23 Å². The van der Waals surface area contributed by atoms with Crippen molar-refractivity contribution < 1.29 is 4.74 Å². The van der Waals surface area contributed by atoms with E-state index in [2.05, 4.69) is 32.0 Å². The molecule has 0 radical (unpaired) electrons. The monoisotopic (exact) mass is 194 g/mol. The van der Waals surface area contributed by atoms with E-state index in [-0.39, 0.29) is 0 Å². The zero-order valence-electron chi connectivity index (χ0n) is 10.1. The number of methoxy groups -OCH3 is 1. The van der Waals surface area contributed by atoms with Crippen LogP contribution in [0.1, 0.15) is 30.5 Å². The Morgan fingerprint density at radius 2 is 1.57 bits per heavy atom. The molecule has 14 heavy (non-hydrogen) atoms. The second-order valence-corrected chi connectivity index (χ2v) is 3.11. The van der Waals surface area contributed by atoms with Gasteiger partial charge in [0.1, 0.15) is 0 Å². The first kappa shape index (κ1) is 13.2. The summed E-state index contributed by atoms with van der Waals surface area (Å²) in [6.45, 7) is 9.11. The van der Waals surface area contributed by atoms with Gasteiger partial charge >= 0.3 is 0 Å².